The summed E-state index contributed by atoms with van der Waals surface area (Å²) in [4.78, 5) is 31.6. The van der Waals surface area contributed by atoms with Gasteiger partial charge in [-0.25, -0.2) is 4.98 Å². The third-order valence-electron chi connectivity index (χ3n) is 3.90. The van der Waals surface area contributed by atoms with Crippen LogP contribution in [-0.2, 0) is 22.6 Å². The molecule has 0 aliphatic heterocycles. The van der Waals surface area contributed by atoms with Crippen LogP contribution in [0.1, 0.15) is 23.2 Å². The van der Waals surface area contributed by atoms with E-state index < -0.39 is 6.04 Å². The van der Waals surface area contributed by atoms with Gasteiger partial charge in [0.2, 0.25) is 11.8 Å². The molecule has 0 fully saturated rings. The van der Waals surface area contributed by atoms with Gasteiger partial charge in [-0.2, -0.15) is 0 Å². The number of amides is 2. The molecule has 1 aromatic carbocycles. The number of rotatable bonds is 6. The van der Waals surface area contributed by atoms with E-state index in [1.165, 1.54) is 6.92 Å². The van der Waals surface area contributed by atoms with Gasteiger partial charge in [-0.15, -0.1) is 11.3 Å². The highest BCUT2D eigenvalue weighted by molar-refractivity contribution is 7.09. The molecule has 2 heterocycles. The second kappa shape index (κ2) is 7.48. The molecular formula is C18H20N4O2S. The highest BCUT2D eigenvalue weighted by atomic mass is 32.1. The zero-order chi connectivity index (χ0) is 17.8. The molecule has 0 spiro atoms. The first-order chi connectivity index (χ1) is 12.0. The van der Waals surface area contributed by atoms with Gasteiger partial charge in [0.05, 0.1) is 17.2 Å². The number of fused-ring (bicyclic) bond motifs is 1. The number of thiazole rings is 1. The Hall–Kier alpha value is -2.67. The number of aromatic amines is 1. The lowest BCUT2D eigenvalue weighted by atomic mass is 10.0. The number of hydrogen-bond acceptors (Lipinski definition) is 4. The van der Waals surface area contributed by atoms with Crippen LogP contribution in [0.5, 0.6) is 0 Å². The van der Waals surface area contributed by atoms with E-state index >= 15 is 0 Å². The summed E-state index contributed by atoms with van der Waals surface area (Å²) in [5.41, 5.74) is 2.83. The Labute approximate surface area is 149 Å². The van der Waals surface area contributed by atoms with Crippen molar-refractivity contribution in [2.75, 3.05) is 0 Å². The van der Waals surface area contributed by atoms with Crippen LogP contribution >= 0.6 is 11.3 Å². The highest BCUT2D eigenvalue weighted by Crippen LogP contribution is 2.19. The van der Waals surface area contributed by atoms with E-state index in [2.05, 4.69) is 20.6 Å². The summed E-state index contributed by atoms with van der Waals surface area (Å²) in [5.74, 6) is -0.448. The minimum atomic E-state index is -0.628. The van der Waals surface area contributed by atoms with Crippen molar-refractivity contribution >= 4 is 34.1 Å². The summed E-state index contributed by atoms with van der Waals surface area (Å²) < 4.78 is 0. The number of nitrogens with one attached hydrogen (secondary N) is 3. The van der Waals surface area contributed by atoms with Crippen molar-refractivity contribution < 1.29 is 9.59 Å². The van der Waals surface area contributed by atoms with Gasteiger partial charge in [-0.05, 0) is 18.6 Å². The maximum absolute atomic E-state index is 12.6. The van der Waals surface area contributed by atoms with Crippen LogP contribution in [0.4, 0.5) is 0 Å². The number of carbonyl (C=O) groups excluding carboxylic acids is 2. The fourth-order valence-corrected chi connectivity index (χ4v) is 3.38. The molecular weight excluding hydrogens is 336 g/mol. The van der Waals surface area contributed by atoms with Crippen molar-refractivity contribution in [2.45, 2.75) is 32.9 Å². The normalized spacial score (nSPS) is 12.1. The molecule has 0 radical (unpaired) electrons. The van der Waals surface area contributed by atoms with E-state index in [1.807, 2.05) is 42.8 Å². The smallest absolute Gasteiger partial charge is 0.243 e. The Morgan fingerprint density at radius 1 is 1.32 bits per heavy atom. The summed E-state index contributed by atoms with van der Waals surface area (Å²) >= 11 is 1.54. The topological polar surface area (TPSA) is 86.9 Å². The maximum Gasteiger partial charge on any atom is 0.243 e. The SMILES string of the molecule is CC(=O)NC(Cc1c[nH]c2ccccc12)C(=O)NCc1csc(C)n1. The van der Waals surface area contributed by atoms with Crippen molar-refractivity contribution in [3.63, 3.8) is 0 Å². The number of benzene rings is 1. The van der Waals surface area contributed by atoms with E-state index in [9.17, 15) is 9.59 Å². The third kappa shape index (κ3) is 4.24. The van der Waals surface area contributed by atoms with Crippen LogP contribution < -0.4 is 10.6 Å². The van der Waals surface area contributed by atoms with Crippen molar-refractivity contribution in [3.8, 4) is 0 Å². The number of aryl methyl sites for hydroxylation is 1. The van der Waals surface area contributed by atoms with Crippen molar-refractivity contribution in [3.05, 3.63) is 52.1 Å². The maximum atomic E-state index is 12.6. The average Bonchev–Trinajstić information content (AvgIpc) is 3.18. The lowest BCUT2D eigenvalue weighted by Crippen LogP contribution is -2.47. The second-order valence-corrected chi connectivity index (χ2v) is 6.95. The fraction of sp³-hybridized carbons (Fsp3) is 0.278. The number of H-pyrrole nitrogens is 1. The summed E-state index contributed by atoms with van der Waals surface area (Å²) in [7, 11) is 0. The van der Waals surface area contributed by atoms with Crippen LogP contribution in [-0.4, -0.2) is 27.8 Å². The lowest BCUT2D eigenvalue weighted by Gasteiger charge is -2.17. The first-order valence-electron chi connectivity index (χ1n) is 8.03. The number of nitrogens with zero attached hydrogens (tertiary/aromatic N) is 1. The molecule has 0 aliphatic carbocycles. The molecule has 0 saturated heterocycles. The van der Waals surface area contributed by atoms with Gasteiger partial charge in [0, 0.05) is 35.8 Å². The zero-order valence-electron chi connectivity index (χ0n) is 14.1. The molecule has 3 aromatic rings. The summed E-state index contributed by atoms with van der Waals surface area (Å²) in [6, 6.07) is 7.27. The minimum absolute atomic E-state index is 0.217. The van der Waals surface area contributed by atoms with E-state index in [0.29, 0.717) is 13.0 Å². The molecule has 1 atom stereocenters. The average molecular weight is 356 g/mol. The number of para-hydroxylation sites is 1. The summed E-state index contributed by atoms with van der Waals surface area (Å²) in [6.07, 6.45) is 2.31. The molecule has 0 saturated carbocycles. The van der Waals surface area contributed by atoms with Crippen molar-refractivity contribution in [1.82, 2.24) is 20.6 Å². The summed E-state index contributed by atoms with van der Waals surface area (Å²) in [6.45, 7) is 3.69. The predicted molar refractivity (Wildman–Crippen MR) is 98.3 cm³/mol. The number of hydrogen-bond donors (Lipinski definition) is 3. The van der Waals surface area contributed by atoms with E-state index in [-0.39, 0.29) is 11.8 Å². The Bertz CT molecular complexity index is 899. The van der Waals surface area contributed by atoms with Gasteiger partial charge in [0.25, 0.3) is 0 Å². The van der Waals surface area contributed by atoms with Gasteiger partial charge < -0.3 is 15.6 Å². The zero-order valence-corrected chi connectivity index (χ0v) is 14.9. The Balaban J connectivity index is 1.72. The van der Waals surface area contributed by atoms with E-state index in [4.69, 9.17) is 0 Å². The van der Waals surface area contributed by atoms with Crippen molar-refractivity contribution in [2.24, 2.45) is 0 Å². The molecule has 2 aromatic heterocycles. The first-order valence-corrected chi connectivity index (χ1v) is 8.91. The van der Waals surface area contributed by atoms with E-state index in [1.54, 1.807) is 11.3 Å². The molecule has 130 valence electrons. The first kappa shape index (κ1) is 17.2. The molecule has 7 heteroatoms. The van der Waals surface area contributed by atoms with Gasteiger partial charge >= 0.3 is 0 Å². The quantitative estimate of drug-likeness (QED) is 0.633. The number of aromatic nitrogens is 2. The third-order valence-corrected chi connectivity index (χ3v) is 4.73. The van der Waals surface area contributed by atoms with Gasteiger partial charge in [-0.1, -0.05) is 18.2 Å². The molecule has 3 N–H and O–H groups in total. The molecule has 0 aliphatic rings. The van der Waals surface area contributed by atoms with Crippen LogP contribution in [0.2, 0.25) is 0 Å². The number of carbonyl (C=O) groups is 2. The predicted octanol–water partition coefficient (Wildman–Crippen LogP) is 2.30. The Morgan fingerprint density at radius 3 is 2.84 bits per heavy atom. The second-order valence-electron chi connectivity index (χ2n) is 5.89. The Morgan fingerprint density at radius 2 is 2.12 bits per heavy atom. The lowest BCUT2D eigenvalue weighted by molar-refractivity contribution is -0.128. The van der Waals surface area contributed by atoms with Crippen LogP contribution in [0.3, 0.4) is 0 Å². The molecule has 1 unspecified atom stereocenters. The molecule has 25 heavy (non-hydrogen) atoms. The Kier molecular flexibility index (Phi) is 5.14. The molecule has 3 rings (SSSR count). The van der Waals surface area contributed by atoms with Crippen LogP contribution in [0, 0.1) is 6.92 Å². The minimum Gasteiger partial charge on any atom is -0.361 e. The van der Waals surface area contributed by atoms with Crippen LogP contribution in [0.25, 0.3) is 10.9 Å². The van der Waals surface area contributed by atoms with Gasteiger partial charge in [-0.3, -0.25) is 9.59 Å². The standard InChI is InChI=1S/C18H20N4O2S/c1-11(23)21-17(18(24)20-9-14-10-25-12(2)22-14)7-13-8-19-16-6-4-3-5-15(13)16/h3-6,8,10,17,19H,7,9H2,1-2H3,(H,20,24)(H,21,23). The van der Waals surface area contributed by atoms with Crippen molar-refractivity contribution in [1.29, 1.82) is 0 Å². The van der Waals surface area contributed by atoms with Gasteiger partial charge in [0.15, 0.2) is 0 Å². The van der Waals surface area contributed by atoms with E-state index in [0.717, 1.165) is 27.2 Å². The molecule has 2 amide bonds. The van der Waals surface area contributed by atoms with Gasteiger partial charge in [0.1, 0.15) is 6.04 Å². The molecule has 6 nitrogen and oxygen atoms in total. The monoisotopic (exact) mass is 356 g/mol. The molecule has 0 bridgehead atoms. The fourth-order valence-electron chi connectivity index (χ4n) is 2.77. The largest absolute Gasteiger partial charge is 0.361 e. The highest BCUT2D eigenvalue weighted by Gasteiger charge is 2.21. The van der Waals surface area contributed by atoms with Crippen LogP contribution in [0.15, 0.2) is 35.8 Å². The summed E-state index contributed by atoms with van der Waals surface area (Å²) in [5, 5.41) is 9.54.